The number of rotatable bonds is 4. The molecule has 0 bridgehead atoms. The maximum absolute atomic E-state index is 4.66. The standard InChI is InChI=1S/C17H30N4/c1-6-15-13-21(10-9-20(15)5)16-8-7-14(11-18-16)12-19-17(2,3)4/h7-8,11,15,19H,6,9-10,12-13H2,1-5H3. The molecule has 0 spiro atoms. The number of anilines is 1. The first kappa shape index (κ1) is 16.2. The fourth-order valence-electron chi connectivity index (χ4n) is 2.67. The molecule has 4 heteroatoms. The van der Waals surface area contributed by atoms with E-state index in [2.05, 4.69) is 67.0 Å². The van der Waals surface area contributed by atoms with Crippen molar-refractivity contribution in [3.8, 4) is 0 Å². The quantitative estimate of drug-likeness (QED) is 0.923. The molecule has 1 aliphatic rings. The molecule has 1 aliphatic heterocycles. The number of pyridine rings is 1. The van der Waals surface area contributed by atoms with Crippen LogP contribution in [0.25, 0.3) is 0 Å². The number of aromatic nitrogens is 1. The monoisotopic (exact) mass is 290 g/mol. The van der Waals surface area contributed by atoms with Gasteiger partial charge in [0.1, 0.15) is 5.82 Å². The molecule has 1 fully saturated rings. The van der Waals surface area contributed by atoms with Gasteiger partial charge in [-0.3, -0.25) is 4.90 Å². The Morgan fingerprint density at radius 3 is 2.62 bits per heavy atom. The lowest BCUT2D eigenvalue weighted by Gasteiger charge is -2.39. The number of nitrogens with zero attached hydrogens (tertiary/aromatic N) is 3. The second-order valence-corrected chi connectivity index (χ2v) is 7.12. The van der Waals surface area contributed by atoms with Gasteiger partial charge < -0.3 is 10.2 Å². The van der Waals surface area contributed by atoms with Gasteiger partial charge in [0, 0.05) is 44.0 Å². The largest absolute Gasteiger partial charge is 0.354 e. The number of hydrogen-bond acceptors (Lipinski definition) is 4. The van der Waals surface area contributed by atoms with Crippen LogP contribution in [0.5, 0.6) is 0 Å². The first-order valence-electron chi connectivity index (χ1n) is 8.04. The summed E-state index contributed by atoms with van der Waals surface area (Å²) in [5, 5.41) is 3.50. The molecule has 0 radical (unpaired) electrons. The zero-order chi connectivity index (χ0) is 15.5. The van der Waals surface area contributed by atoms with Crippen LogP contribution >= 0.6 is 0 Å². The lowest BCUT2D eigenvalue weighted by atomic mass is 10.1. The van der Waals surface area contributed by atoms with Crippen LogP contribution in [0.2, 0.25) is 0 Å². The minimum Gasteiger partial charge on any atom is -0.354 e. The number of piperazine rings is 1. The highest BCUT2D eigenvalue weighted by molar-refractivity contribution is 5.40. The Hall–Kier alpha value is -1.13. The average molecular weight is 290 g/mol. The molecule has 1 saturated heterocycles. The molecule has 118 valence electrons. The first-order chi connectivity index (χ1) is 9.89. The highest BCUT2D eigenvalue weighted by Crippen LogP contribution is 2.18. The van der Waals surface area contributed by atoms with Gasteiger partial charge in [0.2, 0.25) is 0 Å². The smallest absolute Gasteiger partial charge is 0.128 e. The lowest BCUT2D eigenvalue weighted by Crippen LogP contribution is -2.51. The predicted octanol–water partition coefficient (Wildman–Crippen LogP) is 2.50. The minimum absolute atomic E-state index is 0.143. The number of hydrogen-bond donors (Lipinski definition) is 1. The van der Waals surface area contributed by atoms with Gasteiger partial charge in [0.15, 0.2) is 0 Å². The third-order valence-corrected chi connectivity index (χ3v) is 4.20. The molecule has 4 nitrogen and oxygen atoms in total. The molecule has 21 heavy (non-hydrogen) atoms. The zero-order valence-electron chi connectivity index (χ0n) is 14.2. The summed E-state index contributed by atoms with van der Waals surface area (Å²) in [4.78, 5) is 9.53. The molecule has 2 rings (SSSR count). The summed E-state index contributed by atoms with van der Waals surface area (Å²) in [5.41, 5.74) is 1.39. The van der Waals surface area contributed by atoms with Crippen molar-refractivity contribution in [2.75, 3.05) is 31.6 Å². The van der Waals surface area contributed by atoms with E-state index in [0.29, 0.717) is 6.04 Å². The van der Waals surface area contributed by atoms with Gasteiger partial charge in [-0.2, -0.15) is 0 Å². The third kappa shape index (κ3) is 4.68. The summed E-state index contributed by atoms with van der Waals surface area (Å²) in [6.07, 6.45) is 3.20. The van der Waals surface area contributed by atoms with Crippen LogP contribution in [-0.2, 0) is 6.54 Å². The molecule has 1 aromatic heterocycles. The van der Waals surface area contributed by atoms with Crippen molar-refractivity contribution < 1.29 is 0 Å². The van der Waals surface area contributed by atoms with Gasteiger partial charge in [0.05, 0.1) is 0 Å². The Balaban J connectivity index is 1.96. The highest BCUT2D eigenvalue weighted by atomic mass is 15.3. The molecule has 1 aromatic rings. The van der Waals surface area contributed by atoms with Crippen LogP contribution in [0.1, 0.15) is 39.7 Å². The molecular formula is C17H30N4. The second-order valence-electron chi connectivity index (χ2n) is 7.12. The first-order valence-corrected chi connectivity index (χ1v) is 8.04. The van der Waals surface area contributed by atoms with Crippen LogP contribution in [0.4, 0.5) is 5.82 Å². The molecule has 0 aromatic carbocycles. The maximum atomic E-state index is 4.66. The normalized spacial score (nSPS) is 20.8. The Labute approximate surface area is 129 Å². The summed E-state index contributed by atoms with van der Waals surface area (Å²) in [6.45, 7) is 13.0. The van der Waals surface area contributed by atoms with E-state index in [4.69, 9.17) is 0 Å². The van der Waals surface area contributed by atoms with Crippen molar-refractivity contribution in [3.05, 3.63) is 23.9 Å². The second kappa shape index (κ2) is 6.75. The Bertz CT molecular complexity index is 435. The van der Waals surface area contributed by atoms with Crippen LogP contribution < -0.4 is 10.2 Å². The van der Waals surface area contributed by atoms with Crippen molar-refractivity contribution in [2.45, 2.75) is 52.2 Å². The lowest BCUT2D eigenvalue weighted by molar-refractivity contribution is 0.213. The molecule has 2 heterocycles. The van der Waals surface area contributed by atoms with E-state index in [1.807, 2.05) is 6.20 Å². The van der Waals surface area contributed by atoms with Gasteiger partial charge >= 0.3 is 0 Å². The van der Waals surface area contributed by atoms with Crippen molar-refractivity contribution in [2.24, 2.45) is 0 Å². The fraction of sp³-hybridized carbons (Fsp3) is 0.706. The van der Waals surface area contributed by atoms with E-state index >= 15 is 0 Å². The van der Waals surface area contributed by atoms with Crippen molar-refractivity contribution >= 4 is 5.82 Å². The van der Waals surface area contributed by atoms with Crippen LogP contribution in [-0.4, -0.2) is 48.1 Å². The maximum Gasteiger partial charge on any atom is 0.128 e. The summed E-state index contributed by atoms with van der Waals surface area (Å²) in [7, 11) is 2.22. The van der Waals surface area contributed by atoms with Crippen LogP contribution in [0, 0.1) is 0 Å². The Kier molecular flexibility index (Phi) is 5.22. The molecule has 0 amide bonds. The van der Waals surface area contributed by atoms with Crippen LogP contribution in [0.15, 0.2) is 18.3 Å². The molecule has 1 atom stereocenters. The number of nitrogens with one attached hydrogen (secondary N) is 1. The topological polar surface area (TPSA) is 31.4 Å². The molecular weight excluding hydrogens is 260 g/mol. The van der Waals surface area contributed by atoms with Crippen LogP contribution in [0.3, 0.4) is 0 Å². The van der Waals surface area contributed by atoms with E-state index in [-0.39, 0.29) is 5.54 Å². The summed E-state index contributed by atoms with van der Waals surface area (Å²) in [6, 6.07) is 5.00. The summed E-state index contributed by atoms with van der Waals surface area (Å²) in [5.74, 6) is 1.11. The third-order valence-electron chi connectivity index (χ3n) is 4.20. The zero-order valence-corrected chi connectivity index (χ0v) is 14.2. The number of likely N-dealkylation sites (N-methyl/N-ethyl adjacent to an activating group) is 1. The van der Waals surface area contributed by atoms with Gasteiger partial charge in [-0.05, 0) is 45.9 Å². The molecule has 1 N–H and O–H groups in total. The highest BCUT2D eigenvalue weighted by Gasteiger charge is 2.23. The fourth-order valence-corrected chi connectivity index (χ4v) is 2.67. The van der Waals surface area contributed by atoms with Gasteiger partial charge in [-0.25, -0.2) is 4.98 Å². The molecule has 0 aliphatic carbocycles. The van der Waals surface area contributed by atoms with Crippen molar-refractivity contribution in [1.29, 1.82) is 0 Å². The average Bonchev–Trinajstić information content (AvgIpc) is 2.45. The van der Waals surface area contributed by atoms with Crippen molar-refractivity contribution in [1.82, 2.24) is 15.2 Å². The Morgan fingerprint density at radius 1 is 1.29 bits per heavy atom. The molecule has 1 unspecified atom stereocenters. The summed E-state index contributed by atoms with van der Waals surface area (Å²) >= 11 is 0. The van der Waals surface area contributed by atoms with E-state index in [1.165, 1.54) is 12.0 Å². The van der Waals surface area contributed by atoms with E-state index < -0.39 is 0 Å². The van der Waals surface area contributed by atoms with Crippen molar-refractivity contribution in [3.63, 3.8) is 0 Å². The summed E-state index contributed by atoms with van der Waals surface area (Å²) < 4.78 is 0. The Morgan fingerprint density at radius 2 is 2.05 bits per heavy atom. The SMILES string of the molecule is CCC1CN(c2ccc(CNC(C)(C)C)cn2)CCN1C. The van der Waals surface area contributed by atoms with Gasteiger partial charge in [0.25, 0.3) is 0 Å². The van der Waals surface area contributed by atoms with Gasteiger partial charge in [-0.1, -0.05) is 13.0 Å². The van der Waals surface area contributed by atoms with Gasteiger partial charge in [-0.15, -0.1) is 0 Å². The van der Waals surface area contributed by atoms with E-state index in [9.17, 15) is 0 Å². The predicted molar refractivity (Wildman–Crippen MR) is 89.8 cm³/mol. The molecule has 0 saturated carbocycles. The minimum atomic E-state index is 0.143. The van der Waals surface area contributed by atoms with E-state index in [0.717, 1.165) is 32.0 Å². The van der Waals surface area contributed by atoms with E-state index in [1.54, 1.807) is 0 Å².